The molecular formula is C15H23FN2O. The third-order valence-electron chi connectivity index (χ3n) is 3.88. The van der Waals surface area contributed by atoms with Gasteiger partial charge >= 0.3 is 0 Å². The molecule has 0 spiro atoms. The zero-order valence-electron chi connectivity index (χ0n) is 11.9. The number of rotatable bonds is 4. The molecule has 0 unspecified atom stereocenters. The molecule has 1 saturated heterocycles. The van der Waals surface area contributed by atoms with Gasteiger partial charge in [0.2, 0.25) is 0 Å². The maximum absolute atomic E-state index is 13.7. The van der Waals surface area contributed by atoms with Gasteiger partial charge in [0, 0.05) is 12.1 Å². The molecule has 4 heteroatoms. The first-order valence-electron chi connectivity index (χ1n) is 6.88. The number of piperidine rings is 1. The first kappa shape index (κ1) is 14.3. The number of ether oxygens (including phenoxy) is 1. The Balaban J connectivity index is 1.96. The number of halogens is 1. The lowest BCUT2D eigenvalue weighted by molar-refractivity contribution is 0.226. The van der Waals surface area contributed by atoms with E-state index in [1.165, 1.54) is 7.11 Å². The zero-order chi connectivity index (χ0) is 13.8. The first-order chi connectivity index (χ1) is 9.10. The number of benzene rings is 1. The maximum atomic E-state index is 13.7. The smallest absolute Gasteiger partial charge is 0.165 e. The summed E-state index contributed by atoms with van der Waals surface area (Å²) >= 11 is 0. The fourth-order valence-electron chi connectivity index (χ4n) is 2.58. The second-order valence-corrected chi connectivity index (χ2v) is 5.36. The van der Waals surface area contributed by atoms with Crippen LogP contribution in [0.2, 0.25) is 0 Å². The minimum Gasteiger partial charge on any atom is -0.494 e. The van der Waals surface area contributed by atoms with E-state index in [2.05, 4.69) is 24.2 Å². The fraction of sp³-hybridized carbons (Fsp3) is 0.600. The summed E-state index contributed by atoms with van der Waals surface area (Å²) in [5.41, 5.74) is 0.970. The Hall–Kier alpha value is -1.13. The van der Waals surface area contributed by atoms with Gasteiger partial charge in [0.1, 0.15) is 0 Å². The molecule has 0 radical (unpaired) electrons. The second-order valence-electron chi connectivity index (χ2n) is 5.36. The van der Waals surface area contributed by atoms with Crippen LogP contribution in [-0.4, -0.2) is 38.2 Å². The maximum Gasteiger partial charge on any atom is 0.165 e. The summed E-state index contributed by atoms with van der Waals surface area (Å²) in [4.78, 5) is 2.34. The molecule has 1 aromatic rings. The van der Waals surface area contributed by atoms with Crippen molar-refractivity contribution in [2.45, 2.75) is 31.8 Å². The molecule has 1 fully saturated rings. The summed E-state index contributed by atoms with van der Waals surface area (Å²) in [7, 11) is 3.64. The highest BCUT2D eigenvalue weighted by Gasteiger charge is 2.19. The standard InChI is InChI=1S/C15H23FN2O/c1-11(17-13-6-8-18(2)9-7-13)12-4-5-15(19-3)14(16)10-12/h4-5,10-11,13,17H,6-9H2,1-3H3/t11-/m0/s1. The number of hydrogen-bond acceptors (Lipinski definition) is 3. The summed E-state index contributed by atoms with van der Waals surface area (Å²) < 4.78 is 18.6. The van der Waals surface area contributed by atoms with Gasteiger partial charge in [-0.15, -0.1) is 0 Å². The highest BCUT2D eigenvalue weighted by molar-refractivity contribution is 5.30. The van der Waals surface area contributed by atoms with Crippen molar-refractivity contribution in [3.8, 4) is 5.75 Å². The topological polar surface area (TPSA) is 24.5 Å². The highest BCUT2D eigenvalue weighted by atomic mass is 19.1. The molecule has 0 aliphatic carbocycles. The van der Waals surface area contributed by atoms with Crippen LogP contribution in [0.1, 0.15) is 31.4 Å². The lowest BCUT2D eigenvalue weighted by Gasteiger charge is -2.31. The van der Waals surface area contributed by atoms with Crippen molar-refractivity contribution >= 4 is 0 Å². The Morgan fingerprint density at radius 2 is 2.05 bits per heavy atom. The van der Waals surface area contributed by atoms with E-state index in [1.54, 1.807) is 12.1 Å². The van der Waals surface area contributed by atoms with Crippen LogP contribution in [0.25, 0.3) is 0 Å². The van der Waals surface area contributed by atoms with Gasteiger partial charge in [-0.3, -0.25) is 0 Å². The van der Waals surface area contributed by atoms with Gasteiger partial charge in [0.25, 0.3) is 0 Å². The molecule has 3 nitrogen and oxygen atoms in total. The van der Waals surface area contributed by atoms with Crippen molar-refractivity contribution in [2.75, 3.05) is 27.2 Å². The number of hydrogen-bond donors (Lipinski definition) is 1. The molecule has 0 amide bonds. The van der Waals surface area contributed by atoms with Crippen molar-refractivity contribution in [1.29, 1.82) is 0 Å². The fourth-order valence-corrected chi connectivity index (χ4v) is 2.58. The van der Waals surface area contributed by atoms with E-state index < -0.39 is 0 Å². The van der Waals surface area contributed by atoms with Crippen molar-refractivity contribution in [1.82, 2.24) is 10.2 Å². The Bertz CT molecular complexity index is 417. The molecule has 1 atom stereocenters. The van der Waals surface area contributed by atoms with Gasteiger partial charge in [0.15, 0.2) is 11.6 Å². The number of nitrogens with one attached hydrogen (secondary N) is 1. The minimum absolute atomic E-state index is 0.161. The molecule has 19 heavy (non-hydrogen) atoms. The van der Waals surface area contributed by atoms with Gasteiger partial charge in [-0.1, -0.05) is 6.07 Å². The number of nitrogens with zero attached hydrogens (tertiary/aromatic N) is 1. The Labute approximate surface area is 114 Å². The van der Waals surface area contributed by atoms with E-state index in [9.17, 15) is 4.39 Å². The van der Waals surface area contributed by atoms with E-state index in [4.69, 9.17) is 4.74 Å². The lowest BCUT2D eigenvalue weighted by atomic mass is 10.0. The van der Waals surface area contributed by atoms with Crippen LogP contribution < -0.4 is 10.1 Å². The Morgan fingerprint density at radius 1 is 1.37 bits per heavy atom. The monoisotopic (exact) mass is 266 g/mol. The van der Waals surface area contributed by atoms with Crippen LogP contribution in [0, 0.1) is 5.82 Å². The largest absolute Gasteiger partial charge is 0.494 e. The van der Waals surface area contributed by atoms with Crippen molar-refractivity contribution < 1.29 is 9.13 Å². The molecule has 0 saturated carbocycles. The average Bonchev–Trinajstić information content (AvgIpc) is 2.41. The van der Waals surface area contributed by atoms with E-state index in [1.807, 2.05) is 6.07 Å². The Kier molecular flexibility index (Phi) is 4.77. The molecular weight excluding hydrogens is 243 g/mol. The first-order valence-corrected chi connectivity index (χ1v) is 6.88. The lowest BCUT2D eigenvalue weighted by Crippen LogP contribution is -2.41. The van der Waals surface area contributed by atoms with Crippen LogP contribution in [0.4, 0.5) is 4.39 Å². The van der Waals surface area contributed by atoms with Crippen molar-refractivity contribution in [3.05, 3.63) is 29.6 Å². The molecule has 0 bridgehead atoms. The molecule has 2 rings (SSSR count). The van der Waals surface area contributed by atoms with Gasteiger partial charge in [-0.05, 0) is 57.6 Å². The molecule has 1 aromatic carbocycles. The highest BCUT2D eigenvalue weighted by Crippen LogP contribution is 2.23. The number of likely N-dealkylation sites (tertiary alicyclic amines) is 1. The van der Waals surface area contributed by atoms with Gasteiger partial charge < -0.3 is 15.0 Å². The van der Waals surface area contributed by atoms with E-state index >= 15 is 0 Å². The zero-order valence-corrected chi connectivity index (χ0v) is 11.9. The molecule has 1 aliphatic heterocycles. The van der Waals surface area contributed by atoms with E-state index in [-0.39, 0.29) is 11.9 Å². The summed E-state index contributed by atoms with van der Waals surface area (Å²) in [5, 5.41) is 3.59. The van der Waals surface area contributed by atoms with E-state index in [0.717, 1.165) is 31.5 Å². The van der Waals surface area contributed by atoms with Crippen LogP contribution >= 0.6 is 0 Å². The predicted molar refractivity (Wildman–Crippen MR) is 75.0 cm³/mol. The molecule has 106 valence electrons. The van der Waals surface area contributed by atoms with Crippen LogP contribution in [0.3, 0.4) is 0 Å². The average molecular weight is 266 g/mol. The molecule has 1 heterocycles. The normalized spacial score (nSPS) is 19.4. The second kappa shape index (κ2) is 6.35. The molecule has 1 N–H and O–H groups in total. The van der Waals surface area contributed by atoms with Crippen LogP contribution in [-0.2, 0) is 0 Å². The summed E-state index contributed by atoms with van der Waals surface area (Å²) in [6.45, 7) is 4.34. The third-order valence-corrected chi connectivity index (χ3v) is 3.88. The molecule has 0 aromatic heterocycles. The van der Waals surface area contributed by atoms with Gasteiger partial charge in [-0.2, -0.15) is 0 Å². The quantitative estimate of drug-likeness (QED) is 0.906. The summed E-state index contributed by atoms with van der Waals surface area (Å²) in [6, 6.07) is 5.86. The van der Waals surface area contributed by atoms with Gasteiger partial charge in [0.05, 0.1) is 7.11 Å². The predicted octanol–water partition coefficient (Wildman–Crippen LogP) is 2.58. The third kappa shape index (κ3) is 3.67. The van der Waals surface area contributed by atoms with Crippen LogP contribution in [0.15, 0.2) is 18.2 Å². The van der Waals surface area contributed by atoms with E-state index in [0.29, 0.717) is 11.8 Å². The Morgan fingerprint density at radius 3 is 2.63 bits per heavy atom. The minimum atomic E-state index is -0.294. The van der Waals surface area contributed by atoms with Gasteiger partial charge in [-0.25, -0.2) is 4.39 Å². The number of methoxy groups -OCH3 is 1. The van der Waals surface area contributed by atoms with Crippen molar-refractivity contribution in [2.24, 2.45) is 0 Å². The SMILES string of the molecule is COc1ccc([C@H](C)NC2CCN(C)CC2)cc1F. The van der Waals surface area contributed by atoms with Crippen molar-refractivity contribution in [3.63, 3.8) is 0 Å². The summed E-state index contributed by atoms with van der Waals surface area (Å²) in [5.74, 6) is 0.00673. The van der Waals surface area contributed by atoms with Crippen LogP contribution in [0.5, 0.6) is 5.75 Å². The summed E-state index contributed by atoms with van der Waals surface area (Å²) in [6.07, 6.45) is 2.30. The molecule has 1 aliphatic rings.